The van der Waals surface area contributed by atoms with Gasteiger partial charge in [-0.05, 0) is 49.4 Å². The molecule has 1 saturated carbocycles. The first-order chi connectivity index (χ1) is 12.9. The summed E-state index contributed by atoms with van der Waals surface area (Å²) < 4.78 is 15.7. The minimum atomic E-state index is -0.404. The van der Waals surface area contributed by atoms with Gasteiger partial charge in [0.15, 0.2) is 6.61 Å². The highest BCUT2D eigenvalue weighted by Gasteiger charge is 2.36. The van der Waals surface area contributed by atoms with E-state index in [2.05, 4.69) is 10.1 Å². The van der Waals surface area contributed by atoms with Crippen LogP contribution in [0.15, 0.2) is 27.4 Å². The molecule has 0 spiro atoms. The molecule has 1 aromatic heterocycles. The lowest BCUT2D eigenvalue weighted by molar-refractivity contribution is -0.149. The van der Waals surface area contributed by atoms with Gasteiger partial charge < -0.3 is 19.2 Å². The van der Waals surface area contributed by atoms with Crippen LogP contribution >= 0.6 is 0 Å². The Labute approximate surface area is 156 Å². The molecule has 1 fully saturated rings. The third-order valence-electron chi connectivity index (χ3n) is 4.81. The maximum atomic E-state index is 12.2. The van der Waals surface area contributed by atoms with Crippen LogP contribution < -0.4 is 15.7 Å². The van der Waals surface area contributed by atoms with Crippen LogP contribution in [-0.4, -0.2) is 31.6 Å². The second-order valence-corrected chi connectivity index (χ2v) is 6.83. The molecule has 0 saturated heterocycles. The van der Waals surface area contributed by atoms with Crippen LogP contribution in [0, 0.1) is 12.8 Å². The van der Waals surface area contributed by atoms with Gasteiger partial charge >= 0.3 is 11.6 Å². The molecule has 2 aromatic rings. The molecule has 27 heavy (non-hydrogen) atoms. The highest BCUT2D eigenvalue weighted by molar-refractivity contribution is 5.88. The van der Waals surface area contributed by atoms with E-state index in [1.165, 1.54) is 13.2 Å². The zero-order chi connectivity index (χ0) is 19.6. The predicted molar refractivity (Wildman–Crippen MR) is 98.8 cm³/mol. The van der Waals surface area contributed by atoms with Gasteiger partial charge in [0, 0.05) is 12.1 Å². The molecule has 0 bridgehead atoms. The molecule has 0 unspecified atom stereocenters. The Hall–Kier alpha value is -2.83. The first-order valence-electron chi connectivity index (χ1n) is 8.98. The molecule has 1 aromatic carbocycles. The van der Waals surface area contributed by atoms with Crippen molar-refractivity contribution >= 4 is 22.8 Å². The fraction of sp³-hybridized carbons (Fsp3) is 0.450. The van der Waals surface area contributed by atoms with Crippen LogP contribution in [0.4, 0.5) is 0 Å². The van der Waals surface area contributed by atoms with Crippen molar-refractivity contribution in [2.45, 2.75) is 39.2 Å². The fourth-order valence-electron chi connectivity index (χ4n) is 3.37. The topological polar surface area (TPSA) is 94.8 Å². The highest BCUT2D eigenvalue weighted by atomic mass is 16.5. The Bertz CT molecular complexity index is 926. The van der Waals surface area contributed by atoms with Crippen molar-refractivity contribution in [3.8, 4) is 5.75 Å². The number of methoxy groups -OCH3 is 1. The number of benzene rings is 1. The van der Waals surface area contributed by atoms with Crippen LogP contribution in [0.3, 0.4) is 0 Å². The third kappa shape index (κ3) is 4.13. The number of amides is 1. The number of fused-ring (bicyclic) bond motifs is 1. The quantitative estimate of drug-likeness (QED) is 0.616. The summed E-state index contributed by atoms with van der Waals surface area (Å²) in [6.07, 6.45) is 1.80. The number of ether oxygens (including phenoxy) is 2. The lowest BCUT2D eigenvalue weighted by Gasteiger charge is -2.33. The second kappa shape index (κ2) is 7.82. The zero-order valence-corrected chi connectivity index (χ0v) is 15.7. The Morgan fingerprint density at radius 1 is 1.26 bits per heavy atom. The number of hydrogen-bond donors (Lipinski definition) is 1. The molecule has 3 rings (SSSR count). The van der Waals surface area contributed by atoms with Crippen LogP contribution in [0.5, 0.6) is 5.75 Å². The van der Waals surface area contributed by atoms with Crippen LogP contribution in [0.2, 0.25) is 0 Å². The lowest BCUT2D eigenvalue weighted by Crippen LogP contribution is -2.48. The predicted octanol–water partition coefficient (Wildman–Crippen LogP) is 2.11. The number of carbonyl (C=O) groups is 2. The van der Waals surface area contributed by atoms with Crippen molar-refractivity contribution in [2.75, 3.05) is 13.7 Å². The summed E-state index contributed by atoms with van der Waals surface area (Å²) >= 11 is 0. The minimum Gasteiger partial charge on any atom is -0.483 e. The molecular weight excluding hydrogens is 350 g/mol. The normalized spacial score (nSPS) is 18.6. The summed E-state index contributed by atoms with van der Waals surface area (Å²) in [5.41, 5.74) is 1.74. The summed E-state index contributed by atoms with van der Waals surface area (Å²) in [5, 5.41) is 3.56. The second-order valence-electron chi connectivity index (χ2n) is 6.83. The molecule has 1 heterocycles. The molecule has 0 atom stereocenters. The Morgan fingerprint density at radius 3 is 2.67 bits per heavy atom. The van der Waals surface area contributed by atoms with Crippen LogP contribution in [0.1, 0.15) is 30.9 Å². The average molecular weight is 373 g/mol. The minimum absolute atomic E-state index is 0.0383. The van der Waals surface area contributed by atoms with Gasteiger partial charge in [0.25, 0.3) is 5.91 Å². The van der Waals surface area contributed by atoms with Gasteiger partial charge in [0.2, 0.25) is 0 Å². The first-order valence-corrected chi connectivity index (χ1v) is 8.98. The number of rotatable bonds is 6. The van der Waals surface area contributed by atoms with E-state index in [1.807, 2.05) is 19.9 Å². The average Bonchev–Trinajstić information content (AvgIpc) is 2.60. The Morgan fingerprint density at radius 2 is 2.00 bits per heavy atom. The van der Waals surface area contributed by atoms with Gasteiger partial charge in [-0.3, -0.25) is 9.59 Å². The molecule has 1 amide bonds. The number of hydrogen-bond acceptors (Lipinski definition) is 6. The first kappa shape index (κ1) is 18.9. The van der Waals surface area contributed by atoms with Crippen molar-refractivity contribution in [3.05, 3.63) is 39.7 Å². The highest BCUT2D eigenvalue weighted by Crippen LogP contribution is 2.31. The summed E-state index contributed by atoms with van der Waals surface area (Å²) in [4.78, 5) is 35.3. The van der Waals surface area contributed by atoms with Gasteiger partial charge in [-0.15, -0.1) is 0 Å². The molecule has 7 heteroatoms. The van der Waals surface area contributed by atoms with Crippen molar-refractivity contribution < 1.29 is 23.5 Å². The lowest BCUT2D eigenvalue weighted by atomic mass is 9.80. The summed E-state index contributed by atoms with van der Waals surface area (Å²) in [6.45, 7) is 3.66. The number of aryl methyl sites for hydroxylation is 2. The van der Waals surface area contributed by atoms with Gasteiger partial charge in [-0.2, -0.15) is 0 Å². The SMILES string of the molecule is CCc1cc(=O)oc2cc(C)cc(OCC(=O)NC3CC(C(=O)OC)C3)c12. The van der Waals surface area contributed by atoms with Crippen molar-refractivity contribution in [1.82, 2.24) is 5.32 Å². The molecule has 1 aliphatic rings. The maximum absolute atomic E-state index is 12.2. The zero-order valence-electron chi connectivity index (χ0n) is 15.7. The number of nitrogens with one attached hydrogen (secondary N) is 1. The fourth-order valence-corrected chi connectivity index (χ4v) is 3.37. The van der Waals surface area contributed by atoms with E-state index < -0.39 is 5.63 Å². The van der Waals surface area contributed by atoms with E-state index in [1.54, 1.807) is 6.07 Å². The van der Waals surface area contributed by atoms with E-state index in [-0.39, 0.29) is 30.4 Å². The van der Waals surface area contributed by atoms with E-state index in [9.17, 15) is 14.4 Å². The van der Waals surface area contributed by atoms with Gasteiger partial charge in [0.05, 0.1) is 18.4 Å². The maximum Gasteiger partial charge on any atom is 0.336 e. The monoisotopic (exact) mass is 373 g/mol. The van der Waals surface area contributed by atoms with Crippen molar-refractivity contribution in [3.63, 3.8) is 0 Å². The smallest absolute Gasteiger partial charge is 0.336 e. The van der Waals surface area contributed by atoms with E-state index in [0.717, 1.165) is 11.1 Å². The standard InChI is InChI=1S/C20H23NO6/c1-4-12-9-18(23)27-16-6-11(2)5-15(19(12)16)26-10-17(22)21-14-7-13(8-14)20(24)25-3/h5-6,9,13-14H,4,7-8,10H2,1-3H3,(H,21,22). The summed E-state index contributed by atoms with van der Waals surface area (Å²) in [5.74, 6) is -0.122. The van der Waals surface area contributed by atoms with Gasteiger partial charge in [-0.1, -0.05) is 6.92 Å². The summed E-state index contributed by atoms with van der Waals surface area (Å²) in [7, 11) is 1.36. The van der Waals surface area contributed by atoms with E-state index in [4.69, 9.17) is 9.15 Å². The molecule has 144 valence electrons. The van der Waals surface area contributed by atoms with Gasteiger partial charge in [-0.25, -0.2) is 4.79 Å². The third-order valence-corrected chi connectivity index (χ3v) is 4.81. The Balaban J connectivity index is 1.67. The molecule has 7 nitrogen and oxygen atoms in total. The molecule has 1 aliphatic carbocycles. The summed E-state index contributed by atoms with van der Waals surface area (Å²) in [6, 6.07) is 5.02. The number of esters is 1. The largest absolute Gasteiger partial charge is 0.483 e. The van der Waals surface area contributed by atoms with Crippen molar-refractivity contribution in [2.24, 2.45) is 5.92 Å². The number of carbonyl (C=O) groups excluding carboxylic acids is 2. The molecule has 1 N–H and O–H groups in total. The van der Waals surface area contributed by atoms with Crippen molar-refractivity contribution in [1.29, 1.82) is 0 Å². The molecular formula is C20H23NO6. The molecule has 0 aliphatic heterocycles. The van der Waals surface area contributed by atoms with Crippen LogP contribution in [0.25, 0.3) is 11.0 Å². The van der Waals surface area contributed by atoms with E-state index in [0.29, 0.717) is 36.0 Å². The van der Waals surface area contributed by atoms with Gasteiger partial charge in [0.1, 0.15) is 11.3 Å². The van der Waals surface area contributed by atoms with E-state index >= 15 is 0 Å². The molecule has 0 radical (unpaired) electrons. The van der Waals surface area contributed by atoms with Crippen LogP contribution in [-0.2, 0) is 20.7 Å². The Kier molecular flexibility index (Phi) is 5.48.